The highest BCUT2D eigenvalue weighted by molar-refractivity contribution is 7.60. The van der Waals surface area contributed by atoms with Crippen molar-refractivity contribution in [3.63, 3.8) is 0 Å². The number of rotatable bonds is 4. The first-order valence-electron chi connectivity index (χ1n) is 4.91. The van der Waals surface area contributed by atoms with Crippen molar-refractivity contribution >= 4 is 36.5 Å². The number of benzene rings is 1. The predicted molar refractivity (Wildman–Crippen MR) is 71.7 cm³/mol. The lowest BCUT2D eigenvalue weighted by atomic mass is 10.3. The van der Waals surface area contributed by atoms with Gasteiger partial charge in [0.1, 0.15) is 5.02 Å². The van der Waals surface area contributed by atoms with Crippen molar-refractivity contribution < 1.29 is 9.67 Å². The first-order valence-corrected chi connectivity index (χ1v) is 7.46. The second kappa shape index (κ2) is 5.46. The molecule has 0 heterocycles. The molecule has 0 amide bonds. The summed E-state index contributed by atoms with van der Waals surface area (Å²) in [4.78, 5) is 0. The van der Waals surface area contributed by atoms with Crippen LogP contribution in [0, 0.1) is 0 Å². The van der Waals surface area contributed by atoms with Gasteiger partial charge in [-0.15, -0.1) is 0 Å². The maximum absolute atomic E-state index is 11.8. The molecule has 0 spiro atoms. The molecule has 0 saturated carbocycles. The number of phenols is 1. The number of phenolic OH excluding ortho intramolecular Hbond substituents is 1. The van der Waals surface area contributed by atoms with Crippen LogP contribution in [0.3, 0.4) is 0 Å². The molecule has 0 aromatic heterocycles. The maximum atomic E-state index is 11.8. The van der Waals surface area contributed by atoms with E-state index in [1.807, 2.05) is 6.92 Å². The van der Waals surface area contributed by atoms with Crippen LogP contribution in [0.2, 0.25) is 10.0 Å². The van der Waals surface area contributed by atoms with Gasteiger partial charge < -0.3 is 5.11 Å². The smallest absolute Gasteiger partial charge is 0.300 e. The van der Waals surface area contributed by atoms with Crippen LogP contribution in [0.15, 0.2) is 12.1 Å². The van der Waals surface area contributed by atoms with Crippen molar-refractivity contribution in [2.75, 3.05) is 11.2 Å². The van der Waals surface area contributed by atoms with Crippen molar-refractivity contribution in [2.45, 2.75) is 13.3 Å². The molecular weight excluding hydrogens is 284 g/mol. The molecule has 5 N–H and O–H groups in total. The van der Waals surface area contributed by atoms with Crippen LogP contribution >= 0.6 is 30.8 Å². The van der Waals surface area contributed by atoms with Crippen molar-refractivity contribution in [3.05, 3.63) is 22.2 Å². The molecule has 1 aromatic rings. The third-order valence-corrected chi connectivity index (χ3v) is 3.99. The van der Waals surface area contributed by atoms with Crippen molar-refractivity contribution in [1.82, 2.24) is 0 Å². The zero-order valence-corrected chi connectivity index (χ0v) is 11.6. The van der Waals surface area contributed by atoms with E-state index in [-0.39, 0.29) is 15.8 Å². The molecule has 0 aliphatic carbocycles. The highest BCUT2D eigenvalue weighted by Crippen LogP contribution is 2.45. The molecule has 0 aliphatic heterocycles. The van der Waals surface area contributed by atoms with Gasteiger partial charge in [0.2, 0.25) is 0 Å². The zero-order chi connectivity index (χ0) is 13.2. The number of nitrogens with zero attached hydrogens (tertiary/aromatic N) is 1. The summed E-state index contributed by atoms with van der Waals surface area (Å²) in [5.41, 5.74) is 11.2. The van der Waals surface area contributed by atoms with Crippen LogP contribution in [0.4, 0.5) is 5.69 Å². The lowest BCUT2D eigenvalue weighted by Crippen LogP contribution is -2.29. The van der Waals surface area contributed by atoms with E-state index in [1.165, 1.54) is 16.8 Å². The largest absolute Gasteiger partial charge is 0.505 e. The van der Waals surface area contributed by atoms with E-state index >= 15 is 0 Å². The Hall–Kier alpha value is -0.450. The minimum absolute atomic E-state index is 0.0120. The molecule has 17 heavy (non-hydrogen) atoms. The normalized spacial score (nSPS) is 11.6. The van der Waals surface area contributed by atoms with E-state index in [0.29, 0.717) is 18.7 Å². The second-order valence-corrected chi connectivity index (χ2v) is 6.14. The molecule has 5 nitrogen and oxygen atoms in total. The van der Waals surface area contributed by atoms with Crippen molar-refractivity contribution in [3.8, 4) is 5.75 Å². The summed E-state index contributed by atoms with van der Waals surface area (Å²) < 4.78 is 13.0. The second-order valence-electron chi connectivity index (χ2n) is 3.52. The summed E-state index contributed by atoms with van der Waals surface area (Å²) >= 11 is 11.6. The molecule has 0 unspecified atom stereocenters. The number of nitrogens with two attached hydrogens (primary N) is 2. The standard InChI is InChI=1S/C9H14Cl2N3O2P/c1-2-5-14(17(12,13)16)7-4-3-6(10)9(15)8(7)11/h3-4,15H,2,5H2,1H3,(H4,12,13,16). The molecule has 0 atom stereocenters. The number of anilines is 1. The van der Waals surface area contributed by atoms with E-state index < -0.39 is 7.59 Å². The summed E-state index contributed by atoms with van der Waals surface area (Å²) in [5, 5.41) is 9.71. The Morgan fingerprint density at radius 2 is 2.00 bits per heavy atom. The Kier molecular flexibility index (Phi) is 4.69. The summed E-state index contributed by atoms with van der Waals surface area (Å²) in [7, 11) is -3.48. The Balaban J connectivity index is 3.30. The SMILES string of the molecule is CCCN(c1ccc(Cl)c(O)c1Cl)P(N)(N)=O. The Bertz CT molecular complexity index is 464. The minimum atomic E-state index is -3.48. The van der Waals surface area contributed by atoms with Crippen LogP contribution in [-0.4, -0.2) is 11.7 Å². The first kappa shape index (κ1) is 14.6. The molecule has 0 saturated heterocycles. The third kappa shape index (κ3) is 3.27. The number of aromatic hydroxyl groups is 1. The molecular formula is C9H14Cl2N3O2P. The number of hydrogen-bond acceptors (Lipinski definition) is 2. The highest BCUT2D eigenvalue weighted by atomic mass is 35.5. The highest BCUT2D eigenvalue weighted by Gasteiger charge is 2.24. The molecule has 1 rings (SSSR count). The van der Waals surface area contributed by atoms with Gasteiger partial charge in [-0.25, -0.2) is 0 Å². The Labute approximate surface area is 110 Å². The molecule has 96 valence electrons. The average molecular weight is 298 g/mol. The van der Waals surface area contributed by atoms with Crippen LogP contribution in [0.5, 0.6) is 5.75 Å². The van der Waals surface area contributed by atoms with E-state index in [1.54, 1.807) is 0 Å². The Morgan fingerprint density at radius 3 is 2.47 bits per heavy atom. The van der Waals surface area contributed by atoms with Gasteiger partial charge in [0.25, 0.3) is 0 Å². The first-order chi connectivity index (χ1) is 7.79. The summed E-state index contributed by atoms with van der Waals surface area (Å²) in [5.74, 6) is -0.277. The molecule has 0 aliphatic rings. The summed E-state index contributed by atoms with van der Waals surface area (Å²) in [6.45, 7) is 2.25. The topological polar surface area (TPSA) is 92.6 Å². The fourth-order valence-corrected chi connectivity index (χ4v) is 2.93. The van der Waals surface area contributed by atoms with E-state index in [0.717, 1.165) is 0 Å². The quantitative estimate of drug-likeness (QED) is 0.743. The fraction of sp³-hybridized carbons (Fsp3) is 0.333. The van der Waals surface area contributed by atoms with Gasteiger partial charge in [-0.1, -0.05) is 30.1 Å². The fourth-order valence-electron chi connectivity index (χ4n) is 1.39. The minimum Gasteiger partial charge on any atom is -0.505 e. The van der Waals surface area contributed by atoms with Crippen LogP contribution in [-0.2, 0) is 4.57 Å². The van der Waals surface area contributed by atoms with Gasteiger partial charge in [0.15, 0.2) is 5.75 Å². The lowest BCUT2D eigenvalue weighted by molar-refractivity contribution is 0.476. The van der Waals surface area contributed by atoms with Gasteiger partial charge >= 0.3 is 7.59 Å². The van der Waals surface area contributed by atoms with Gasteiger partial charge in [-0.3, -0.25) is 20.2 Å². The van der Waals surface area contributed by atoms with Crippen molar-refractivity contribution in [2.24, 2.45) is 11.0 Å². The van der Waals surface area contributed by atoms with Crippen LogP contribution in [0.1, 0.15) is 13.3 Å². The third-order valence-electron chi connectivity index (χ3n) is 2.14. The van der Waals surface area contributed by atoms with Gasteiger partial charge in [-0.2, -0.15) is 0 Å². The average Bonchev–Trinajstić information content (AvgIpc) is 2.22. The monoisotopic (exact) mass is 297 g/mol. The molecule has 8 heteroatoms. The molecule has 1 aromatic carbocycles. The summed E-state index contributed by atoms with van der Waals surface area (Å²) in [6.07, 6.45) is 0.679. The number of hydrogen-bond donors (Lipinski definition) is 3. The van der Waals surface area contributed by atoms with Gasteiger partial charge in [0.05, 0.1) is 10.7 Å². The van der Waals surface area contributed by atoms with Crippen LogP contribution in [0.25, 0.3) is 0 Å². The van der Waals surface area contributed by atoms with Gasteiger partial charge in [0, 0.05) is 6.54 Å². The Morgan fingerprint density at radius 1 is 1.41 bits per heavy atom. The molecule has 0 bridgehead atoms. The van der Waals surface area contributed by atoms with Gasteiger partial charge in [-0.05, 0) is 18.6 Å². The lowest BCUT2D eigenvalue weighted by Gasteiger charge is -2.28. The van der Waals surface area contributed by atoms with Crippen LogP contribution < -0.4 is 15.7 Å². The predicted octanol–water partition coefficient (Wildman–Crippen LogP) is 2.94. The maximum Gasteiger partial charge on any atom is 0.300 e. The zero-order valence-electron chi connectivity index (χ0n) is 9.23. The van der Waals surface area contributed by atoms with Crippen molar-refractivity contribution in [1.29, 1.82) is 0 Å². The molecule has 0 radical (unpaired) electrons. The van der Waals surface area contributed by atoms with E-state index in [4.69, 9.17) is 34.2 Å². The van der Waals surface area contributed by atoms with E-state index in [9.17, 15) is 9.67 Å². The molecule has 0 fully saturated rings. The van der Waals surface area contributed by atoms with E-state index in [2.05, 4.69) is 0 Å². The summed E-state index contributed by atoms with van der Waals surface area (Å²) in [6, 6.07) is 2.96. The number of halogens is 2.